The summed E-state index contributed by atoms with van der Waals surface area (Å²) in [5.41, 5.74) is 7.52. The van der Waals surface area contributed by atoms with Gasteiger partial charge in [-0.05, 0) is 18.6 Å². The molecule has 0 amide bonds. The minimum absolute atomic E-state index is 0.539. The van der Waals surface area contributed by atoms with Gasteiger partial charge in [0.25, 0.3) is 0 Å². The summed E-state index contributed by atoms with van der Waals surface area (Å²) in [6.07, 6.45) is 2.50. The fourth-order valence-corrected chi connectivity index (χ4v) is 1.03. The standard InChI is InChI=1S/C10H12N2S/c1-8-6-10(11)12-7-9(8)4-2-3-5-13/h6-7,13H,3,5H2,1H3,(H2,11,12). The molecule has 3 heteroatoms. The lowest BCUT2D eigenvalue weighted by Gasteiger charge is -1.97. The summed E-state index contributed by atoms with van der Waals surface area (Å²) in [6, 6.07) is 1.82. The van der Waals surface area contributed by atoms with Crippen LogP contribution in [0.2, 0.25) is 0 Å². The van der Waals surface area contributed by atoms with Crippen molar-refractivity contribution in [3.05, 3.63) is 23.4 Å². The molecular weight excluding hydrogens is 180 g/mol. The number of anilines is 1. The first kappa shape index (κ1) is 9.94. The highest BCUT2D eigenvalue weighted by molar-refractivity contribution is 7.80. The van der Waals surface area contributed by atoms with E-state index in [1.165, 1.54) is 0 Å². The maximum absolute atomic E-state index is 5.51. The van der Waals surface area contributed by atoms with Crippen LogP contribution in [-0.4, -0.2) is 10.7 Å². The topological polar surface area (TPSA) is 38.9 Å². The van der Waals surface area contributed by atoms with E-state index >= 15 is 0 Å². The normalized spacial score (nSPS) is 9.08. The lowest BCUT2D eigenvalue weighted by molar-refractivity contribution is 1.27. The largest absolute Gasteiger partial charge is 0.384 e. The second kappa shape index (κ2) is 4.78. The number of pyridine rings is 1. The molecule has 0 unspecified atom stereocenters. The Hall–Kier alpha value is -1.14. The third kappa shape index (κ3) is 3.00. The van der Waals surface area contributed by atoms with Crippen LogP contribution < -0.4 is 5.73 Å². The van der Waals surface area contributed by atoms with E-state index in [4.69, 9.17) is 5.73 Å². The zero-order valence-electron chi connectivity index (χ0n) is 7.54. The second-order valence-electron chi connectivity index (χ2n) is 2.70. The van der Waals surface area contributed by atoms with E-state index in [-0.39, 0.29) is 0 Å². The molecule has 0 atom stereocenters. The summed E-state index contributed by atoms with van der Waals surface area (Å²) in [5, 5.41) is 0. The van der Waals surface area contributed by atoms with Gasteiger partial charge in [-0.2, -0.15) is 12.6 Å². The predicted octanol–water partition coefficient (Wildman–Crippen LogP) is 1.64. The van der Waals surface area contributed by atoms with Gasteiger partial charge in [0.15, 0.2) is 0 Å². The molecule has 1 aromatic heterocycles. The van der Waals surface area contributed by atoms with Gasteiger partial charge in [-0.25, -0.2) is 4.98 Å². The minimum atomic E-state index is 0.539. The number of nitrogens with two attached hydrogens (primary N) is 1. The number of nitrogens with zero attached hydrogens (tertiary/aromatic N) is 1. The zero-order chi connectivity index (χ0) is 9.68. The molecule has 1 aromatic rings. The summed E-state index contributed by atoms with van der Waals surface area (Å²) in [7, 11) is 0. The van der Waals surface area contributed by atoms with Crippen LogP contribution in [0.3, 0.4) is 0 Å². The van der Waals surface area contributed by atoms with E-state index in [0.717, 1.165) is 23.3 Å². The van der Waals surface area contributed by atoms with Gasteiger partial charge >= 0.3 is 0 Å². The van der Waals surface area contributed by atoms with Crippen molar-refractivity contribution in [3.63, 3.8) is 0 Å². The zero-order valence-corrected chi connectivity index (χ0v) is 8.44. The average Bonchev–Trinajstić information content (AvgIpc) is 2.09. The quantitative estimate of drug-likeness (QED) is 0.524. The van der Waals surface area contributed by atoms with Gasteiger partial charge < -0.3 is 5.73 Å². The molecule has 0 radical (unpaired) electrons. The van der Waals surface area contributed by atoms with Crippen molar-refractivity contribution in [3.8, 4) is 11.8 Å². The molecule has 0 saturated carbocycles. The van der Waals surface area contributed by atoms with E-state index in [1.807, 2.05) is 13.0 Å². The number of hydrogen-bond donors (Lipinski definition) is 2. The Bertz CT molecular complexity index is 350. The fraction of sp³-hybridized carbons (Fsp3) is 0.300. The first-order chi connectivity index (χ1) is 6.24. The van der Waals surface area contributed by atoms with Crippen molar-refractivity contribution in [1.82, 2.24) is 4.98 Å². The Balaban J connectivity index is 2.85. The molecule has 0 bridgehead atoms. The second-order valence-corrected chi connectivity index (χ2v) is 3.15. The van der Waals surface area contributed by atoms with Crippen LogP contribution >= 0.6 is 12.6 Å². The summed E-state index contributed by atoms with van der Waals surface area (Å²) in [4.78, 5) is 3.97. The minimum Gasteiger partial charge on any atom is -0.384 e. The number of aromatic nitrogens is 1. The Morgan fingerprint density at radius 2 is 2.38 bits per heavy atom. The number of rotatable bonds is 1. The van der Waals surface area contributed by atoms with Crippen molar-refractivity contribution in [2.45, 2.75) is 13.3 Å². The van der Waals surface area contributed by atoms with Crippen LogP contribution in [-0.2, 0) is 0 Å². The van der Waals surface area contributed by atoms with Crippen molar-refractivity contribution in [2.75, 3.05) is 11.5 Å². The molecule has 2 N–H and O–H groups in total. The Labute approximate surface area is 84.0 Å². The maximum Gasteiger partial charge on any atom is 0.123 e. The Kier molecular flexibility index (Phi) is 3.66. The fourth-order valence-electron chi connectivity index (χ4n) is 0.922. The molecule has 0 aliphatic heterocycles. The molecule has 2 nitrogen and oxygen atoms in total. The van der Waals surface area contributed by atoms with Crippen LogP contribution in [0.5, 0.6) is 0 Å². The third-order valence-corrected chi connectivity index (χ3v) is 1.82. The Morgan fingerprint density at radius 1 is 1.62 bits per heavy atom. The van der Waals surface area contributed by atoms with E-state index in [0.29, 0.717) is 5.82 Å². The van der Waals surface area contributed by atoms with E-state index in [1.54, 1.807) is 6.20 Å². The van der Waals surface area contributed by atoms with Crippen molar-refractivity contribution in [2.24, 2.45) is 0 Å². The van der Waals surface area contributed by atoms with Gasteiger partial charge in [-0.1, -0.05) is 11.8 Å². The van der Waals surface area contributed by atoms with E-state index in [2.05, 4.69) is 29.5 Å². The summed E-state index contributed by atoms with van der Waals surface area (Å²) in [5.74, 6) is 7.35. The molecule has 0 aliphatic rings. The van der Waals surface area contributed by atoms with Crippen LogP contribution in [0.4, 0.5) is 5.82 Å². The van der Waals surface area contributed by atoms with Crippen molar-refractivity contribution >= 4 is 18.4 Å². The summed E-state index contributed by atoms with van der Waals surface area (Å²) in [6.45, 7) is 1.97. The molecular formula is C10H12N2S. The van der Waals surface area contributed by atoms with Gasteiger partial charge in [0.05, 0.1) is 0 Å². The SMILES string of the molecule is Cc1cc(N)ncc1C#CCCS. The molecule has 0 aliphatic carbocycles. The smallest absolute Gasteiger partial charge is 0.123 e. The molecule has 1 rings (SSSR count). The van der Waals surface area contributed by atoms with Crippen molar-refractivity contribution < 1.29 is 0 Å². The first-order valence-corrected chi connectivity index (χ1v) is 4.69. The number of nitrogen functional groups attached to an aromatic ring is 1. The molecule has 0 spiro atoms. The van der Waals surface area contributed by atoms with Crippen LogP contribution in [0.15, 0.2) is 12.3 Å². The maximum atomic E-state index is 5.51. The molecule has 0 fully saturated rings. The first-order valence-electron chi connectivity index (χ1n) is 4.06. The van der Waals surface area contributed by atoms with Crippen LogP contribution in [0, 0.1) is 18.8 Å². The highest BCUT2D eigenvalue weighted by Gasteiger charge is 1.94. The van der Waals surface area contributed by atoms with E-state index in [9.17, 15) is 0 Å². The summed E-state index contributed by atoms with van der Waals surface area (Å²) >= 11 is 4.07. The van der Waals surface area contributed by atoms with Gasteiger partial charge in [0.1, 0.15) is 5.82 Å². The van der Waals surface area contributed by atoms with Crippen LogP contribution in [0.1, 0.15) is 17.5 Å². The molecule has 68 valence electrons. The lowest BCUT2D eigenvalue weighted by Crippen LogP contribution is -1.92. The van der Waals surface area contributed by atoms with Gasteiger partial charge in [-0.3, -0.25) is 0 Å². The van der Waals surface area contributed by atoms with Crippen LogP contribution in [0.25, 0.3) is 0 Å². The predicted molar refractivity (Wildman–Crippen MR) is 58.7 cm³/mol. The van der Waals surface area contributed by atoms with Gasteiger partial charge in [0, 0.05) is 23.9 Å². The third-order valence-electron chi connectivity index (χ3n) is 1.59. The average molecular weight is 192 g/mol. The van der Waals surface area contributed by atoms with Gasteiger partial charge in [-0.15, -0.1) is 0 Å². The molecule has 0 aromatic carbocycles. The number of aryl methyl sites for hydroxylation is 1. The molecule has 13 heavy (non-hydrogen) atoms. The highest BCUT2D eigenvalue weighted by Crippen LogP contribution is 2.07. The molecule has 0 saturated heterocycles. The van der Waals surface area contributed by atoms with Gasteiger partial charge in [0.2, 0.25) is 0 Å². The lowest BCUT2D eigenvalue weighted by atomic mass is 10.1. The highest BCUT2D eigenvalue weighted by atomic mass is 32.1. The molecule has 1 heterocycles. The number of thiol groups is 1. The Morgan fingerprint density at radius 3 is 3.00 bits per heavy atom. The van der Waals surface area contributed by atoms with Crippen molar-refractivity contribution in [1.29, 1.82) is 0 Å². The monoisotopic (exact) mass is 192 g/mol. The summed E-state index contributed by atoms with van der Waals surface area (Å²) < 4.78 is 0. The van der Waals surface area contributed by atoms with E-state index < -0.39 is 0 Å². The number of hydrogen-bond acceptors (Lipinski definition) is 3.